The molecule has 33 heavy (non-hydrogen) atoms. The molecule has 0 spiro atoms. The van der Waals surface area contributed by atoms with Crippen molar-refractivity contribution in [3.8, 4) is 11.5 Å². The second kappa shape index (κ2) is 8.70. The van der Waals surface area contributed by atoms with Gasteiger partial charge in [0.05, 0.1) is 7.11 Å². The molecule has 0 saturated carbocycles. The zero-order valence-electron chi connectivity index (χ0n) is 20.1. The van der Waals surface area contributed by atoms with Crippen LogP contribution in [0.4, 0.5) is 16.2 Å². The van der Waals surface area contributed by atoms with Crippen molar-refractivity contribution in [1.29, 1.82) is 0 Å². The smallest absolute Gasteiger partial charge is 0.416 e. The summed E-state index contributed by atoms with van der Waals surface area (Å²) in [6.07, 6.45) is -0.383. The summed E-state index contributed by atoms with van der Waals surface area (Å²) in [6.45, 7) is 2.46. The van der Waals surface area contributed by atoms with Gasteiger partial charge in [0.25, 0.3) is 0 Å². The Hall–Kier alpha value is -3.67. The van der Waals surface area contributed by atoms with Crippen molar-refractivity contribution in [2.24, 2.45) is 0 Å². The van der Waals surface area contributed by atoms with Gasteiger partial charge in [-0.05, 0) is 54.4 Å². The van der Waals surface area contributed by atoms with Crippen molar-refractivity contribution in [1.82, 2.24) is 4.90 Å². The van der Waals surface area contributed by atoms with E-state index >= 15 is 0 Å². The maximum atomic E-state index is 13.3. The minimum Gasteiger partial charge on any atom is -0.497 e. The Balaban J connectivity index is 2.05. The molecule has 0 atom stereocenters. The van der Waals surface area contributed by atoms with Crippen LogP contribution in [0.25, 0.3) is 0 Å². The number of rotatable bonds is 6. The van der Waals surface area contributed by atoms with Gasteiger partial charge >= 0.3 is 6.09 Å². The van der Waals surface area contributed by atoms with Gasteiger partial charge in [0.15, 0.2) is 0 Å². The minimum absolute atomic E-state index is 0.383. The fourth-order valence-electron chi connectivity index (χ4n) is 4.60. The van der Waals surface area contributed by atoms with Gasteiger partial charge in [0.2, 0.25) is 0 Å². The number of methoxy groups -OCH3 is 1. The molecule has 6 nitrogen and oxygen atoms in total. The average Bonchev–Trinajstić information content (AvgIpc) is 2.82. The molecule has 0 fully saturated rings. The number of carbonyl (C=O) groups excluding carboxylic acids is 1. The van der Waals surface area contributed by atoms with Crippen molar-refractivity contribution in [2.45, 2.75) is 12.5 Å². The fourth-order valence-corrected chi connectivity index (χ4v) is 4.60. The Morgan fingerprint density at radius 1 is 0.848 bits per heavy atom. The van der Waals surface area contributed by atoms with Crippen LogP contribution in [0.2, 0.25) is 0 Å². The van der Waals surface area contributed by atoms with Crippen LogP contribution in [0.3, 0.4) is 0 Å². The van der Waals surface area contributed by atoms with Crippen LogP contribution in [-0.2, 0) is 5.54 Å². The van der Waals surface area contributed by atoms with Gasteiger partial charge in [-0.25, -0.2) is 4.79 Å². The highest BCUT2D eigenvalue weighted by Crippen LogP contribution is 2.50. The molecule has 0 bridgehead atoms. The van der Waals surface area contributed by atoms with Gasteiger partial charge in [0.1, 0.15) is 17.0 Å². The van der Waals surface area contributed by atoms with E-state index in [0.29, 0.717) is 18.0 Å². The first-order valence-electron chi connectivity index (χ1n) is 11.1. The van der Waals surface area contributed by atoms with E-state index in [-0.39, 0.29) is 6.09 Å². The number of amides is 1. The van der Waals surface area contributed by atoms with Crippen LogP contribution in [0.15, 0.2) is 66.7 Å². The molecule has 4 rings (SSSR count). The molecule has 1 amide bonds. The maximum Gasteiger partial charge on any atom is 0.416 e. The van der Waals surface area contributed by atoms with Gasteiger partial charge in [-0.2, -0.15) is 0 Å². The molecule has 0 unspecified atom stereocenters. The molecule has 3 aromatic rings. The molecular formula is C27H31N3O3. The fraction of sp³-hybridized carbons (Fsp3) is 0.296. The number of ether oxygens (including phenoxy) is 2. The monoisotopic (exact) mass is 445 g/mol. The Labute approximate surface area is 195 Å². The van der Waals surface area contributed by atoms with E-state index < -0.39 is 5.54 Å². The predicted octanol–water partition coefficient (Wildman–Crippen LogP) is 4.95. The van der Waals surface area contributed by atoms with E-state index in [9.17, 15) is 4.79 Å². The lowest BCUT2D eigenvalue weighted by molar-refractivity contribution is 0.102. The van der Waals surface area contributed by atoms with E-state index in [1.54, 1.807) is 18.1 Å². The Bertz CT molecular complexity index is 1090. The van der Waals surface area contributed by atoms with E-state index in [1.807, 2.05) is 47.2 Å². The first-order valence-corrected chi connectivity index (χ1v) is 11.1. The zero-order valence-corrected chi connectivity index (χ0v) is 20.1. The maximum absolute atomic E-state index is 13.3. The van der Waals surface area contributed by atoms with Gasteiger partial charge in [-0.3, -0.25) is 4.90 Å². The molecular weight excluding hydrogens is 414 g/mol. The number of hydrogen-bond donors (Lipinski definition) is 0. The van der Waals surface area contributed by atoms with Gasteiger partial charge in [-0.15, -0.1) is 0 Å². The third kappa shape index (κ3) is 3.65. The van der Waals surface area contributed by atoms with Crippen LogP contribution in [0.1, 0.15) is 23.6 Å². The zero-order chi connectivity index (χ0) is 23.8. The number of hydrogen-bond acceptors (Lipinski definition) is 5. The molecule has 0 radical (unpaired) electrons. The normalized spacial score (nSPS) is 14.4. The molecule has 3 aromatic carbocycles. The van der Waals surface area contributed by atoms with Gasteiger partial charge in [-0.1, -0.05) is 24.3 Å². The highest BCUT2D eigenvalue weighted by molar-refractivity contribution is 5.79. The topological polar surface area (TPSA) is 45.3 Å². The summed E-state index contributed by atoms with van der Waals surface area (Å²) in [5.74, 6) is 1.16. The third-order valence-electron chi connectivity index (χ3n) is 6.32. The summed E-state index contributed by atoms with van der Waals surface area (Å²) in [4.78, 5) is 19.3. The summed E-state index contributed by atoms with van der Waals surface area (Å²) in [5.41, 5.74) is 4.23. The SMILES string of the molecule is CCN1C(=O)Oc2cc(OC)ccc2C1(c1ccc(N(C)C)cc1)c1ccc(N(C)C)cc1. The summed E-state index contributed by atoms with van der Waals surface area (Å²) in [5, 5.41) is 0. The Morgan fingerprint density at radius 3 is 1.79 bits per heavy atom. The van der Waals surface area contributed by atoms with Crippen LogP contribution in [0.5, 0.6) is 11.5 Å². The number of nitrogens with zero attached hydrogens (tertiary/aromatic N) is 3. The van der Waals surface area contributed by atoms with Crippen LogP contribution in [-0.4, -0.2) is 52.8 Å². The van der Waals surface area contributed by atoms with Crippen molar-refractivity contribution >= 4 is 17.5 Å². The first kappa shape index (κ1) is 22.5. The second-order valence-corrected chi connectivity index (χ2v) is 8.57. The number of fused-ring (bicyclic) bond motifs is 1. The molecule has 172 valence electrons. The standard InChI is InChI=1S/C27H31N3O3/c1-7-30-26(31)33-25-18-23(32-6)16-17-24(25)27(30,19-8-12-21(13-9-19)28(2)3)20-10-14-22(15-11-20)29(4)5/h8-18H,7H2,1-6H3. The summed E-state index contributed by atoms with van der Waals surface area (Å²) < 4.78 is 11.2. The number of carbonyl (C=O) groups is 1. The van der Waals surface area contributed by atoms with E-state index in [0.717, 1.165) is 28.1 Å². The quantitative estimate of drug-likeness (QED) is 0.537. The van der Waals surface area contributed by atoms with Crippen molar-refractivity contribution in [3.63, 3.8) is 0 Å². The first-order chi connectivity index (χ1) is 15.8. The highest BCUT2D eigenvalue weighted by Gasteiger charge is 2.50. The molecule has 0 aromatic heterocycles. The summed E-state index contributed by atoms with van der Waals surface area (Å²) >= 11 is 0. The van der Waals surface area contributed by atoms with Gasteiger partial charge < -0.3 is 19.3 Å². The molecule has 0 saturated heterocycles. The number of anilines is 2. The summed E-state index contributed by atoms with van der Waals surface area (Å²) in [6, 6.07) is 22.5. The average molecular weight is 446 g/mol. The predicted molar refractivity (Wildman–Crippen MR) is 133 cm³/mol. The molecule has 1 heterocycles. The Kier molecular flexibility index (Phi) is 5.93. The van der Waals surface area contributed by atoms with Crippen molar-refractivity contribution < 1.29 is 14.3 Å². The second-order valence-electron chi connectivity index (χ2n) is 8.57. The number of benzene rings is 3. The molecule has 0 aliphatic carbocycles. The van der Waals surface area contributed by atoms with Crippen molar-refractivity contribution in [3.05, 3.63) is 83.4 Å². The van der Waals surface area contributed by atoms with E-state index in [4.69, 9.17) is 9.47 Å². The third-order valence-corrected chi connectivity index (χ3v) is 6.32. The molecule has 0 N–H and O–H groups in total. The largest absolute Gasteiger partial charge is 0.497 e. The lowest BCUT2D eigenvalue weighted by Crippen LogP contribution is -2.55. The molecule has 6 heteroatoms. The van der Waals surface area contributed by atoms with Crippen molar-refractivity contribution in [2.75, 3.05) is 51.6 Å². The van der Waals surface area contributed by atoms with Gasteiger partial charge in [0, 0.05) is 57.7 Å². The van der Waals surface area contributed by atoms with Crippen LogP contribution >= 0.6 is 0 Å². The van der Waals surface area contributed by atoms with Crippen LogP contribution in [0, 0.1) is 0 Å². The minimum atomic E-state index is -0.846. The lowest BCUT2D eigenvalue weighted by Gasteiger charge is -2.47. The van der Waals surface area contributed by atoms with E-state index in [1.165, 1.54) is 0 Å². The Morgan fingerprint density at radius 2 is 1.36 bits per heavy atom. The molecule has 1 aliphatic rings. The summed E-state index contributed by atoms with van der Waals surface area (Å²) in [7, 11) is 9.68. The highest BCUT2D eigenvalue weighted by atomic mass is 16.6. The lowest BCUT2D eigenvalue weighted by atomic mass is 9.74. The molecule has 1 aliphatic heterocycles. The van der Waals surface area contributed by atoms with Crippen LogP contribution < -0.4 is 19.3 Å². The van der Waals surface area contributed by atoms with E-state index in [2.05, 4.69) is 58.3 Å².